The van der Waals surface area contributed by atoms with Crippen molar-refractivity contribution in [3.8, 4) is 0 Å². The first-order valence-electron chi connectivity index (χ1n) is 7.88. The fraction of sp³-hybridized carbons (Fsp3) is 0.222. The van der Waals surface area contributed by atoms with Gasteiger partial charge in [0.25, 0.3) is 17.5 Å². The number of nitrogens with one attached hydrogen (secondary N) is 2. The average Bonchev–Trinajstić information content (AvgIpc) is 2.65. The topological polar surface area (TPSA) is 105 Å². The van der Waals surface area contributed by atoms with Crippen molar-refractivity contribution in [2.24, 2.45) is 0 Å². The summed E-state index contributed by atoms with van der Waals surface area (Å²) in [4.78, 5) is 36.2. The number of amides is 2. The van der Waals surface area contributed by atoms with Crippen LogP contribution in [0.25, 0.3) is 0 Å². The van der Waals surface area contributed by atoms with Crippen molar-refractivity contribution in [2.75, 3.05) is 26.0 Å². The van der Waals surface area contributed by atoms with E-state index in [2.05, 4.69) is 10.6 Å². The number of nitro groups is 1. The molecule has 0 fully saturated rings. The van der Waals surface area contributed by atoms with Crippen LogP contribution in [0.15, 0.2) is 42.5 Å². The van der Waals surface area contributed by atoms with Gasteiger partial charge >= 0.3 is 0 Å². The zero-order chi connectivity index (χ0) is 19.3. The first kappa shape index (κ1) is 18.9. The second-order valence-corrected chi connectivity index (χ2v) is 5.81. The van der Waals surface area contributed by atoms with E-state index < -0.39 is 10.8 Å². The highest BCUT2D eigenvalue weighted by atomic mass is 16.6. The van der Waals surface area contributed by atoms with Crippen molar-refractivity contribution >= 4 is 23.2 Å². The molecular weight excluding hydrogens is 336 g/mol. The van der Waals surface area contributed by atoms with Crippen molar-refractivity contribution in [3.05, 3.63) is 69.3 Å². The Bertz CT molecular complexity index is 832. The number of rotatable bonds is 6. The minimum Gasteiger partial charge on any atom is -0.377 e. The lowest BCUT2D eigenvalue weighted by atomic mass is 10.1. The Morgan fingerprint density at radius 2 is 1.73 bits per heavy atom. The maximum atomic E-state index is 12.5. The van der Waals surface area contributed by atoms with Crippen molar-refractivity contribution < 1.29 is 14.5 Å². The lowest BCUT2D eigenvalue weighted by Crippen LogP contribution is -2.25. The smallest absolute Gasteiger partial charge is 0.270 e. The molecule has 2 N–H and O–H groups in total. The third-order valence-electron chi connectivity index (χ3n) is 3.81. The molecule has 2 aromatic rings. The summed E-state index contributed by atoms with van der Waals surface area (Å²) in [6.45, 7) is 0.239. The molecule has 8 nitrogen and oxygen atoms in total. The number of nitrogens with zero attached hydrogens (tertiary/aromatic N) is 2. The zero-order valence-corrected chi connectivity index (χ0v) is 14.8. The van der Waals surface area contributed by atoms with Gasteiger partial charge < -0.3 is 15.5 Å². The number of non-ortho nitro benzene ring substituents is 1. The van der Waals surface area contributed by atoms with Gasteiger partial charge in [-0.2, -0.15) is 0 Å². The third-order valence-corrected chi connectivity index (χ3v) is 3.81. The first-order chi connectivity index (χ1) is 12.3. The largest absolute Gasteiger partial charge is 0.377 e. The Morgan fingerprint density at radius 1 is 1.08 bits per heavy atom. The minimum absolute atomic E-state index is 0.143. The molecule has 136 valence electrons. The SMILES string of the molecule is CNC(=O)c1ccc(CNC(=O)c2cc([N+](=O)[O-])ccc2N(C)C)cc1. The molecule has 0 radical (unpaired) electrons. The van der Waals surface area contributed by atoms with Gasteiger partial charge in [0.1, 0.15) is 0 Å². The lowest BCUT2D eigenvalue weighted by molar-refractivity contribution is -0.384. The first-order valence-corrected chi connectivity index (χ1v) is 7.88. The number of hydrogen-bond donors (Lipinski definition) is 2. The van der Waals surface area contributed by atoms with Gasteiger partial charge in [-0.1, -0.05) is 12.1 Å². The molecule has 0 aromatic heterocycles. The summed E-state index contributed by atoms with van der Waals surface area (Å²) in [5.74, 6) is -0.597. The summed E-state index contributed by atoms with van der Waals surface area (Å²) in [6.07, 6.45) is 0. The molecule has 0 bridgehead atoms. The summed E-state index contributed by atoms with van der Waals surface area (Å²) in [5, 5.41) is 16.3. The van der Waals surface area contributed by atoms with E-state index in [0.29, 0.717) is 11.3 Å². The maximum absolute atomic E-state index is 12.5. The highest BCUT2D eigenvalue weighted by Crippen LogP contribution is 2.24. The number of carbonyl (C=O) groups excluding carboxylic acids is 2. The maximum Gasteiger partial charge on any atom is 0.270 e. The van der Waals surface area contributed by atoms with Gasteiger partial charge in [-0.05, 0) is 23.8 Å². The van der Waals surface area contributed by atoms with Crippen LogP contribution in [0.2, 0.25) is 0 Å². The highest BCUT2D eigenvalue weighted by Gasteiger charge is 2.17. The van der Waals surface area contributed by atoms with Crippen LogP contribution in [-0.2, 0) is 6.54 Å². The van der Waals surface area contributed by atoms with Crippen LogP contribution in [0.1, 0.15) is 26.3 Å². The number of nitro benzene ring substituents is 1. The van der Waals surface area contributed by atoms with Crippen molar-refractivity contribution in [1.82, 2.24) is 10.6 Å². The quantitative estimate of drug-likeness (QED) is 0.608. The Kier molecular flexibility index (Phi) is 5.90. The minimum atomic E-state index is -0.534. The van der Waals surface area contributed by atoms with Crippen molar-refractivity contribution in [3.63, 3.8) is 0 Å². The number of anilines is 1. The Labute approximate surface area is 151 Å². The summed E-state index contributed by atoms with van der Waals surface area (Å²) in [5.41, 5.74) is 2.00. The molecule has 0 saturated heterocycles. The molecule has 2 rings (SSSR count). The summed E-state index contributed by atoms with van der Waals surface area (Å²) in [7, 11) is 5.07. The molecule has 0 heterocycles. The average molecular weight is 356 g/mol. The second kappa shape index (κ2) is 8.11. The predicted octanol–water partition coefficient (Wildman–Crippen LogP) is 1.95. The van der Waals surface area contributed by atoms with Gasteiger partial charge in [0.2, 0.25) is 0 Å². The van der Waals surface area contributed by atoms with Crippen molar-refractivity contribution in [2.45, 2.75) is 6.54 Å². The normalized spacial score (nSPS) is 10.1. The van der Waals surface area contributed by atoms with Gasteiger partial charge in [0, 0.05) is 51.1 Å². The van der Waals surface area contributed by atoms with Crippen molar-refractivity contribution in [1.29, 1.82) is 0 Å². The molecule has 0 spiro atoms. The molecule has 26 heavy (non-hydrogen) atoms. The van der Waals surface area contributed by atoms with Crippen LogP contribution < -0.4 is 15.5 Å². The van der Waals surface area contributed by atoms with E-state index in [9.17, 15) is 19.7 Å². The molecule has 8 heteroatoms. The summed E-state index contributed by atoms with van der Waals surface area (Å²) < 4.78 is 0. The fourth-order valence-electron chi connectivity index (χ4n) is 2.41. The van der Waals surface area contributed by atoms with E-state index in [-0.39, 0.29) is 23.7 Å². The Morgan fingerprint density at radius 3 is 2.27 bits per heavy atom. The van der Waals surface area contributed by atoms with Gasteiger partial charge in [-0.3, -0.25) is 19.7 Å². The predicted molar refractivity (Wildman–Crippen MR) is 98.4 cm³/mol. The molecule has 0 atom stereocenters. The summed E-state index contributed by atoms with van der Waals surface area (Å²) >= 11 is 0. The standard InChI is InChI=1S/C18H20N4O4/c1-19-17(23)13-6-4-12(5-7-13)11-20-18(24)15-10-14(22(25)26)8-9-16(15)21(2)3/h4-10H,11H2,1-3H3,(H,19,23)(H,20,24). The molecule has 2 aromatic carbocycles. The van der Waals surface area contributed by atoms with Gasteiger partial charge in [-0.15, -0.1) is 0 Å². The van der Waals surface area contributed by atoms with E-state index in [0.717, 1.165) is 5.56 Å². The monoisotopic (exact) mass is 356 g/mol. The fourth-order valence-corrected chi connectivity index (χ4v) is 2.41. The zero-order valence-electron chi connectivity index (χ0n) is 14.8. The molecular formula is C18H20N4O4. The van der Waals surface area contributed by atoms with Crippen LogP contribution in [0.4, 0.5) is 11.4 Å². The van der Waals surface area contributed by atoms with Crippen LogP contribution in [0.3, 0.4) is 0 Å². The van der Waals surface area contributed by atoms with E-state index in [1.54, 1.807) is 56.4 Å². The molecule has 0 aliphatic carbocycles. The van der Waals surface area contributed by atoms with Crippen LogP contribution >= 0.6 is 0 Å². The number of carbonyl (C=O) groups is 2. The second-order valence-electron chi connectivity index (χ2n) is 5.81. The summed E-state index contributed by atoms with van der Waals surface area (Å²) in [6, 6.07) is 11.0. The van der Waals surface area contributed by atoms with E-state index in [1.165, 1.54) is 12.1 Å². The van der Waals surface area contributed by atoms with Crippen LogP contribution in [0, 0.1) is 10.1 Å². The van der Waals surface area contributed by atoms with Crippen LogP contribution in [0.5, 0.6) is 0 Å². The Hall–Kier alpha value is -3.42. The highest BCUT2D eigenvalue weighted by molar-refractivity contribution is 6.00. The third kappa shape index (κ3) is 4.35. The number of benzene rings is 2. The molecule has 2 amide bonds. The Balaban J connectivity index is 2.15. The van der Waals surface area contributed by atoms with Gasteiger partial charge in [-0.25, -0.2) is 0 Å². The molecule has 0 aliphatic rings. The van der Waals surface area contributed by atoms with Gasteiger partial charge in [0.05, 0.1) is 10.5 Å². The van der Waals surface area contributed by atoms with Gasteiger partial charge in [0.15, 0.2) is 0 Å². The van der Waals surface area contributed by atoms with E-state index >= 15 is 0 Å². The molecule has 0 saturated carbocycles. The van der Waals surface area contributed by atoms with E-state index in [1.807, 2.05) is 0 Å². The molecule has 0 aliphatic heterocycles. The molecule has 0 unspecified atom stereocenters. The number of hydrogen-bond acceptors (Lipinski definition) is 5. The van der Waals surface area contributed by atoms with Crippen LogP contribution in [-0.4, -0.2) is 37.9 Å². The van der Waals surface area contributed by atoms with E-state index in [4.69, 9.17) is 0 Å². The lowest BCUT2D eigenvalue weighted by Gasteiger charge is -2.17.